The Labute approximate surface area is 226 Å². The van der Waals surface area contributed by atoms with E-state index in [4.69, 9.17) is 0 Å². The molecule has 2 N–H and O–H groups in total. The third-order valence-corrected chi connectivity index (χ3v) is 7.90. The first-order valence-corrected chi connectivity index (χ1v) is 13.5. The number of amides is 3. The number of halogens is 2. The Hall–Kier alpha value is -3.77. The zero-order valence-corrected chi connectivity index (χ0v) is 22.2. The Morgan fingerprint density at radius 2 is 1.97 bits per heavy atom. The predicted octanol–water partition coefficient (Wildman–Crippen LogP) is 5.03. The lowest BCUT2D eigenvalue weighted by atomic mass is 10.0. The first kappa shape index (κ1) is 25.9. The van der Waals surface area contributed by atoms with Gasteiger partial charge in [0.1, 0.15) is 23.5 Å². The Kier molecular flexibility index (Phi) is 7.43. The molecule has 5 rings (SSSR count). The summed E-state index contributed by atoms with van der Waals surface area (Å²) < 4.78 is 33.3. The van der Waals surface area contributed by atoms with Crippen molar-refractivity contribution in [1.82, 2.24) is 20.0 Å². The molecular weight excluding hydrogens is 530 g/mol. The summed E-state index contributed by atoms with van der Waals surface area (Å²) in [7, 11) is 1.58. The van der Waals surface area contributed by atoms with E-state index in [1.165, 1.54) is 16.2 Å². The summed E-state index contributed by atoms with van der Waals surface area (Å²) in [5, 5.41) is 2.68. The Morgan fingerprint density at radius 1 is 1.18 bits per heavy atom. The van der Waals surface area contributed by atoms with Crippen LogP contribution >= 0.6 is 23.5 Å². The molecule has 38 heavy (non-hydrogen) atoms. The van der Waals surface area contributed by atoms with E-state index in [1.54, 1.807) is 30.9 Å². The number of carbonyl (C=O) groups excluding carboxylic acids is 2. The van der Waals surface area contributed by atoms with Gasteiger partial charge in [-0.05, 0) is 42.0 Å². The van der Waals surface area contributed by atoms with Crippen LogP contribution in [-0.4, -0.2) is 41.5 Å². The monoisotopic (exact) mass is 554 g/mol. The molecule has 3 amide bonds. The average Bonchev–Trinajstić information content (AvgIpc) is 3.49. The van der Waals surface area contributed by atoms with Crippen molar-refractivity contribution in [3.05, 3.63) is 83.0 Å². The van der Waals surface area contributed by atoms with Crippen molar-refractivity contribution in [1.29, 1.82) is 0 Å². The van der Waals surface area contributed by atoms with Crippen molar-refractivity contribution in [2.45, 2.75) is 25.3 Å². The van der Waals surface area contributed by atoms with E-state index in [-0.39, 0.29) is 17.9 Å². The first-order valence-electron chi connectivity index (χ1n) is 11.8. The van der Waals surface area contributed by atoms with Gasteiger partial charge in [-0.2, -0.15) is 0 Å². The summed E-state index contributed by atoms with van der Waals surface area (Å²) in [5.41, 5.74) is 4.36. The second-order valence-electron chi connectivity index (χ2n) is 8.98. The van der Waals surface area contributed by atoms with Crippen LogP contribution in [0.3, 0.4) is 0 Å². The van der Waals surface area contributed by atoms with E-state index in [0.29, 0.717) is 12.2 Å². The molecule has 1 aliphatic heterocycles. The molecule has 0 saturated carbocycles. The number of hydrogen-bond acceptors (Lipinski definition) is 7. The third kappa shape index (κ3) is 5.55. The van der Waals surface area contributed by atoms with E-state index in [1.807, 2.05) is 22.5 Å². The normalized spacial score (nSPS) is 15.3. The Morgan fingerprint density at radius 3 is 2.76 bits per heavy atom. The Balaban J connectivity index is 1.32. The number of benzene rings is 2. The van der Waals surface area contributed by atoms with E-state index in [9.17, 15) is 18.4 Å². The number of nitrogens with one attached hydrogen (secondary N) is 2. The maximum Gasteiger partial charge on any atom is 0.326 e. The summed E-state index contributed by atoms with van der Waals surface area (Å²) in [5.74, 6) is -0.959. The Bertz CT molecular complexity index is 1480. The standard InChI is InChI=1S/C26H24F2N6O2S2/c1-15-13-34(24-20(15)4-3-7-29-24)38-32-26(36)31-22(10-16-8-17(27)11-18(28)9-16)25(35)33(2)19-5-6-23-21(12-19)30-14-37-23/h3-9,11-12,14-15,22H,10,13H2,1-2H3,(H2,31,32,36). The van der Waals surface area contributed by atoms with Crippen LogP contribution in [0.15, 0.2) is 60.2 Å². The summed E-state index contributed by atoms with van der Waals surface area (Å²) in [6.45, 7) is 2.73. The molecule has 0 aliphatic carbocycles. The van der Waals surface area contributed by atoms with E-state index < -0.39 is 29.6 Å². The molecule has 12 heteroatoms. The van der Waals surface area contributed by atoms with Crippen LogP contribution in [0.25, 0.3) is 10.2 Å². The van der Waals surface area contributed by atoms with E-state index in [2.05, 4.69) is 26.9 Å². The predicted molar refractivity (Wildman–Crippen MR) is 146 cm³/mol. The molecule has 0 bridgehead atoms. The van der Waals surface area contributed by atoms with Gasteiger partial charge in [0, 0.05) is 49.4 Å². The van der Waals surface area contributed by atoms with Gasteiger partial charge < -0.3 is 10.2 Å². The minimum Gasteiger partial charge on any atom is -0.325 e. The number of thiazole rings is 1. The van der Waals surface area contributed by atoms with Gasteiger partial charge in [0.25, 0.3) is 0 Å². The van der Waals surface area contributed by atoms with Crippen molar-refractivity contribution >= 4 is 57.1 Å². The van der Waals surface area contributed by atoms with Crippen molar-refractivity contribution in [3.63, 3.8) is 0 Å². The number of hydrogen-bond donors (Lipinski definition) is 2. The molecule has 0 fully saturated rings. The van der Waals surface area contributed by atoms with Crippen LogP contribution in [-0.2, 0) is 11.2 Å². The fraction of sp³-hybridized carbons (Fsp3) is 0.231. The lowest BCUT2D eigenvalue weighted by molar-refractivity contribution is -0.120. The topological polar surface area (TPSA) is 90.5 Å². The number of rotatable bonds is 7. The number of urea groups is 1. The molecule has 2 unspecified atom stereocenters. The van der Waals surface area contributed by atoms with Crippen LogP contribution in [0, 0.1) is 11.6 Å². The van der Waals surface area contributed by atoms with Crippen LogP contribution < -0.4 is 19.2 Å². The maximum absolute atomic E-state index is 13.9. The molecule has 2 atom stereocenters. The molecule has 3 heterocycles. The second-order valence-corrected chi connectivity index (χ2v) is 10.7. The van der Waals surface area contributed by atoms with Gasteiger partial charge in [0.15, 0.2) is 0 Å². The highest BCUT2D eigenvalue weighted by atomic mass is 32.2. The third-order valence-electron chi connectivity index (χ3n) is 6.27. The molecule has 8 nitrogen and oxygen atoms in total. The molecule has 0 radical (unpaired) electrons. The molecule has 1 aliphatic rings. The second kappa shape index (κ2) is 10.9. The summed E-state index contributed by atoms with van der Waals surface area (Å²) in [4.78, 5) is 36.5. The van der Waals surface area contributed by atoms with Gasteiger partial charge >= 0.3 is 6.03 Å². The average molecular weight is 555 g/mol. The minimum atomic E-state index is -1.10. The highest BCUT2D eigenvalue weighted by molar-refractivity contribution is 7.99. The van der Waals surface area contributed by atoms with E-state index in [0.717, 1.165) is 51.9 Å². The smallest absolute Gasteiger partial charge is 0.325 e. The molecule has 4 aromatic rings. The molecule has 0 saturated heterocycles. The van der Waals surface area contributed by atoms with Crippen molar-refractivity contribution in [2.75, 3.05) is 22.8 Å². The van der Waals surface area contributed by atoms with Crippen molar-refractivity contribution in [2.24, 2.45) is 0 Å². The fourth-order valence-electron chi connectivity index (χ4n) is 4.38. The van der Waals surface area contributed by atoms with Crippen LogP contribution in [0.5, 0.6) is 0 Å². The zero-order chi connectivity index (χ0) is 26.8. The molecule has 2 aromatic heterocycles. The maximum atomic E-state index is 13.9. The van der Waals surface area contributed by atoms with Crippen molar-refractivity contribution in [3.8, 4) is 0 Å². The highest BCUT2D eigenvalue weighted by Gasteiger charge is 2.29. The number of carbonyl (C=O) groups is 2. The van der Waals surface area contributed by atoms with Crippen LogP contribution in [0.2, 0.25) is 0 Å². The van der Waals surface area contributed by atoms with Gasteiger partial charge in [-0.3, -0.25) is 13.8 Å². The number of pyridine rings is 1. The highest BCUT2D eigenvalue weighted by Crippen LogP contribution is 2.36. The number of likely N-dealkylation sites (N-methyl/N-ethyl adjacent to an activating group) is 1. The SMILES string of the molecule is CC1CN(SNC(=O)NC(Cc2cc(F)cc(F)c2)C(=O)N(C)c2ccc3scnc3c2)c2ncccc21. The molecule has 196 valence electrons. The minimum absolute atomic E-state index is 0.111. The lowest BCUT2D eigenvalue weighted by Crippen LogP contribution is -2.51. The molecule has 0 spiro atoms. The fourth-order valence-corrected chi connectivity index (χ4v) is 5.83. The van der Waals surface area contributed by atoms with Gasteiger partial charge in [0.2, 0.25) is 5.91 Å². The first-order chi connectivity index (χ1) is 18.3. The summed E-state index contributed by atoms with van der Waals surface area (Å²) in [6, 6.07) is 10.6. The number of fused-ring (bicyclic) bond motifs is 2. The van der Waals surface area contributed by atoms with Crippen LogP contribution in [0.1, 0.15) is 24.0 Å². The number of aromatic nitrogens is 2. The number of nitrogens with zero attached hydrogens (tertiary/aromatic N) is 4. The quantitative estimate of drug-likeness (QED) is 0.312. The van der Waals surface area contributed by atoms with Gasteiger partial charge in [0.05, 0.1) is 27.9 Å². The molecule has 2 aromatic carbocycles. The van der Waals surface area contributed by atoms with E-state index >= 15 is 0 Å². The molecular formula is C26H24F2N6O2S2. The lowest BCUT2D eigenvalue weighted by Gasteiger charge is -2.25. The summed E-state index contributed by atoms with van der Waals surface area (Å²) >= 11 is 2.55. The largest absolute Gasteiger partial charge is 0.326 e. The zero-order valence-electron chi connectivity index (χ0n) is 20.5. The van der Waals surface area contributed by atoms with Gasteiger partial charge in [-0.1, -0.05) is 13.0 Å². The number of anilines is 2. The van der Waals surface area contributed by atoms with Gasteiger partial charge in [-0.15, -0.1) is 11.3 Å². The summed E-state index contributed by atoms with van der Waals surface area (Å²) in [6.07, 6.45) is 1.58. The van der Waals surface area contributed by atoms with Gasteiger partial charge in [-0.25, -0.2) is 23.5 Å². The van der Waals surface area contributed by atoms with Crippen LogP contribution in [0.4, 0.5) is 25.1 Å². The van der Waals surface area contributed by atoms with Crippen molar-refractivity contribution < 1.29 is 18.4 Å².